The van der Waals surface area contributed by atoms with Crippen molar-refractivity contribution in [3.05, 3.63) is 32.6 Å². The normalized spacial score (nSPS) is 11.7. The Bertz CT molecular complexity index is 1060. The Balaban J connectivity index is 2.06. The van der Waals surface area contributed by atoms with Crippen molar-refractivity contribution in [2.75, 3.05) is 19.4 Å². The third-order valence-electron chi connectivity index (χ3n) is 4.32. The average Bonchev–Trinajstić information content (AvgIpc) is 3.39. The molecule has 0 radical (unpaired) electrons. The van der Waals surface area contributed by atoms with Crippen LogP contribution in [0.2, 0.25) is 0 Å². The van der Waals surface area contributed by atoms with Crippen LogP contribution in [-0.4, -0.2) is 50.5 Å². The molecule has 1 amide bonds. The van der Waals surface area contributed by atoms with Gasteiger partial charge < -0.3 is 25.5 Å². The van der Waals surface area contributed by atoms with Crippen LogP contribution in [0.5, 0.6) is 17.5 Å². The first kappa shape index (κ1) is 20.7. The number of hydrogen-bond donors (Lipinski definition) is 4. The standard InChI is InChI=1S/C19H22N4O4S2/c1-5-10(12-7-6-8-28-12)20-13-14(18(26)23(4)17(13)25)21-11-9-29-16(15(11)24)19(27)22(2)3/h6-9,21,24-26H,5H2,1-4H3. The summed E-state index contributed by atoms with van der Waals surface area (Å²) in [7, 11) is 4.69. The lowest BCUT2D eigenvalue weighted by Crippen LogP contribution is -2.20. The molecule has 0 aliphatic heterocycles. The number of carbonyl (C=O) groups is 1. The Morgan fingerprint density at radius 1 is 1.24 bits per heavy atom. The maximum atomic E-state index is 12.2. The Kier molecular flexibility index (Phi) is 5.85. The Labute approximate surface area is 176 Å². The molecule has 8 nitrogen and oxygen atoms in total. The van der Waals surface area contributed by atoms with Crippen LogP contribution < -0.4 is 5.32 Å². The minimum Gasteiger partial charge on any atom is -0.504 e. The fraction of sp³-hybridized carbons (Fsp3) is 0.263. The Morgan fingerprint density at radius 2 is 1.97 bits per heavy atom. The number of nitrogens with one attached hydrogen (secondary N) is 1. The average molecular weight is 435 g/mol. The summed E-state index contributed by atoms with van der Waals surface area (Å²) in [6.45, 7) is 1.95. The summed E-state index contributed by atoms with van der Waals surface area (Å²) in [6.07, 6.45) is 0.625. The second-order valence-electron chi connectivity index (χ2n) is 6.47. The van der Waals surface area contributed by atoms with Crippen molar-refractivity contribution in [2.24, 2.45) is 12.0 Å². The van der Waals surface area contributed by atoms with Crippen molar-refractivity contribution in [2.45, 2.75) is 13.3 Å². The molecule has 0 spiro atoms. The van der Waals surface area contributed by atoms with Crippen molar-refractivity contribution in [3.63, 3.8) is 0 Å². The van der Waals surface area contributed by atoms with Gasteiger partial charge in [-0.05, 0) is 17.9 Å². The van der Waals surface area contributed by atoms with Crippen LogP contribution in [0.4, 0.5) is 17.1 Å². The monoisotopic (exact) mass is 434 g/mol. The predicted octanol–water partition coefficient (Wildman–Crippen LogP) is 4.24. The van der Waals surface area contributed by atoms with Crippen molar-refractivity contribution in [1.29, 1.82) is 0 Å². The van der Waals surface area contributed by atoms with Gasteiger partial charge in [-0.25, -0.2) is 4.99 Å². The van der Waals surface area contributed by atoms with Crippen molar-refractivity contribution >= 4 is 51.4 Å². The highest BCUT2D eigenvalue weighted by Crippen LogP contribution is 2.48. The van der Waals surface area contributed by atoms with E-state index < -0.39 is 0 Å². The minimum atomic E-state index is -0.329. The van der Waals surface area contributed by atoms with Gasteiger partial charge in [0, 0.05) is 31.4 Å². The quantitative estimate of drug-likeness (QED) is 0.434. The molecular formula is C19H22N4O4S2. The Hall–Kier alpha value is -2.98. The highest BCUT2D eigenvalue weighted by atomic mass is 32.1. The largest absolute Gasteiger partial charge is 0.504 e. The van der Waals surface area contributed by atoms with Gasteiger partial charge in [-0.2, -0.15) is 0 Å². The molecule has 10 heteroatoms. The van der Waals surface area contributed by atoms with E-state index in [1.165, 1.54) is 27.9 Å². The van der Waals surface area contributed by atoms with Crippen LogP contribution >= 0.6 is 22.7 Å². The lowest BCUT2D eigenvalue weighted by Gasteiger charge is -2.09. The predicted molar refractivity (Wildman–Crippen MR) is 117 cm³/mol. The van der Waals surface area contributed by atoms with Crippen LogP contribution in [0, 0.1) is 0 Å². The molecule has 0 aromatic carbocycles. The molecule has 0 unspecified atom stereocenters. The Morgan fingerprint density at radius 3 is 2.55 bits per heavy atom. The van der Waals surface area contributed by atoms with E-state index in [4.69, 9.17) is 0 Å². The molecule has 0 fully saturated rings. The summed E-state index contributed by atoms with van der Waals surface area (Å²) in [4.78, 5) is 19.2. The van der Waals surface area contributed by atoms with Crippen LogP contribution in [0.3, 0.4) is 0 Å². The molecule has 0 aliphatic carbocycles. The second kappa shape index (κ2) is 8.18. The van der Waals surface area contributed by atoms with Crippen molar-refractivity contribution in [3.8, 4) is 17.5 Å². The number of carbonyl (C=O) groups excluding carboxylic acids is 1. The molecule has 3 aromatic rings. The van der Waals surface area contributed by atoms with Gasteiger partial charge in [0.15, 0.2) is 11.4 Å². The zero-order chi connectivity index (χ0) is 21.3. The topological polar surface area (TPSA) is 110 Å². The lowest BCUT2D eigenvalue weighted by atomic mass is 10.2. The van der Waals surface area contributed by atoms with Crippen LogP contribution in [0.1, 0.15) is 27.9 Å². The van der Waals surface area contributed by atoms with E-state index in [0.717, 1.165) is 21.9 Å². The van der Waals surface area contributed by atoms with Crippen LogP contribution in [0.15, 0.2) is 27.9 Å². The van der Waals surface area contributed by atoms with Crippen molar-refractivity contribution < 1.29 is 20.1 Å². The van der Waals surface area contributed by atoms with E-state index in [1.54, 1.807) is 19.5 Å². The highest BCUT2D eigenvalue weighted by molar-refractivity contribution is 7.13. The second-order valence-corrected chi connectivity index (χ2v) is 8.30. The summed E-state index contributed by atoms with van der Waals surface area (Å²) in [5, 5.41) is 37.9. The summed E-state index contributed by atoms with van der Waals surface area (Å²) in [5.74, 6) is -1.01. The molecule has 29 heavy (non-hydrogen) atoms. The number of amides is 1. The van der Waals surface area contributed by atoms with Crippen LogP contribution in [-0.2, 0) is 7.05 Å². The summed E-state index contributed by atoms with van der Waals surface area (Å²) in [6, 6.07) is 3.85. The number of rotatable bonds is 6. The minimum absolute atomic E-state index is 0.143. The molecule has 3 aromatic heterocycles. The zero-order valence-electron chi connectivity index (χ0n) is 16.4. The van der Waals surface area contributed by atoms with Crippen LogP contribution in [0.25, 0.3) is 0 Å². The van der Waals surface area contributed by atoms with E-state index in [0.29, 0.717) is 6.42 Å². The maximum Gasteiger partial charge on any atom is 0.267 e. The fourth-order valence-corrected chi connectivity index (χ4v) is 4.38. The molecule has 0 atom stereocenters. The van der Waals surface area contributed by atoms with Crippen molar-refractivity contribution in [1.82, 2.24) is 9.47 Å². The zero-order valence-corrected chi connectivity index (χ0v) is 18.1. The van der Waals surface area contributed by atoms with E-state index >= 15 is 0 Å². The first-order chi connectivity index (χ1) is 13.8. The van der Waals surface area contributed by atoms with E-state index in [2.05, 4.69) is 10.3 Å². The fourth-order valence-electron chi connectivity index (χ4n) is 2.68. The molecule has 3 heterocycles. The molecule has 0 aliphatic rings. The van der Waals surface area contributed by atoms with E-state index in [1.807, 2.05) is 24.4 Å². The van der Waals surface area contributed by atoms with Gasteiger partial charge in [-0.3, -0.25) is 9.36 Å². The molecule has 154 valence electrons. The molecule has 4 N–H and O–H groups in total. The SMILES string of the molecule is CCC(=Nc1c(Nc2csc(C(=O)N(C)C)c2O)c(O)n(C)c1O)c1cccs1. The molecular weight excluding hydrogens is 412 g/mol. The summed E-state index contributed by atoms with van der Waals surface area (Å²) >= 11 is 2.61. The van der Waals surface area contributed by atoms with Gasteiger partial charge in [-0.1, -0.05) is 13.0 Å². The number of hydrogen-bond acceptors (Lipinski definition) is 8. The molecule has 0 saturated carbocycles. The first-order valence-corrected chi connectivity index (χ1v) is 10.5. The molecule has 3 rings (SSSR count). The number of aromatic hydroxyl groups is 3. The van der Waals surface area contributed by atoms with E-state index in [-0.39, 0.29) is 45.4 Å². The summed E-state index contributed by atoms with van der Waals surface area (Å²) in [5.41, 5.74) is 1.29. The van der Waals surface area contributed by atoms with Gasteiger partial charge in [0.25, 0.3) is 5.91 Å². The van der Waals surface area contributed by atoms with Gasteiger partial charge in [0.1, 0.15) is 10.6 Å². The van der Waals surface area contributed by atoms with Gasteiger partial charge in [-0.15, -0.1) is 22.7 Å². The number of nitrogens with zero attached hydrogens (tertiary/aromatic N) is 3. The molecule has 0 saturated heterocycles. The number of thiophene rings is 2. The van der Waals surface area contributed by atoms with Gasteiger partial charge >= 0.3 is 0 Å². The first-order valence-electron chi connectivity index (χ1n) is 8.77. The highest BCUT2D eigenvalue weighted by Gasteiger charge is 2.25. The van der Waals surface area contributed by atoms with E-state index in [9.17, 15) is 20.1 Å². The number of aromatic nitrogens is 1. The third-order valence-corrected chi connectivity index (χ3v) is 6.20. The maximum absolute atomic E-state index is 12.2. The van der Waals surface area contributed by atoms with Gasteiger partial charge in [0.2, 0.25) is 11.8 Å². The third kappa shape index (κ3) is 3.81. The lowest BCUT2D eigenvalue weighted by molar-refractivity contribution is 0.0829. The number of anilines is 2. The molecule has 0 bridgehead atoms. The summed E-state index contributed by atoms with van der Waals surface area (Å²) < 4.78 is 1.19. The smallest absolute Gasteiger partial charge is 0.267 e. The van der Waals surface area contributed by atoms with Gasteiger partial charge in [0.05, 0.1) is 11.4 Å². The number of aliphatic imine (C=N–C) groups is 1.